The summed E-state index contributed by atoms with van der Waals surface area (Å²) in [5, 5.41) is 3.04. The van der Waals surface area contributed by atoms with Crippen LogP contribution < -0.4 is 5.32 Å². The molecule has 0 unspecified atom stereocenters. The number of benzene rings is 2. The molecule has 0 aliphatic carbocycles. The minimum absolute atomic E-state index is 0.0137. The second-order valence-electron chi connectivity index (χ2n) is 6.23. The number of nitrogens with one attached hydrogen (secondary N) is 1. The fourth-order valence-corrected chi connectivity index (χ4v) is 3.69. The average Bonchev–Trinajstić information content (AvgIpc) is 2.63. The molecule has 5 heteroatoms. The molecule has 0 bridgehead atoms. The molecule has 0 spiro atoms. The SMILES string of the molecule is CNC(=O)c1cccc(Cl)c1CC(=O)N1CCc2ccccc2[C@@H]1C. The van der Waals surface area contributed by atoms with Crippen molar-refractivity contribution >= 4 is 23.4 Å². The average molecular weight is 357 g/mol. The van der Waals surface area contributed by atoms with Gasteiger partial charge in [-0.25, -0.2) is 0 Å². The van der Waals surface area contributed by atoms with Gasteiger partial charge in [-0.1, -0.05) is 41.9 Å². The number of halogens is 1. The van der Waals surface area contributed by atoms with Gasteiger partial charge in [-0.2, -0.15) is 0 Å². The summed E-state index contributed by atoms with van der Waals surface area (Å²) < 4.78 is 0. The number of carbonyl (C=O) groups is 2. The first-order valence-corrected chi connectivity index (χ1v) is 8.77. The zero-order chi connectivity index (χ0) is 18.0. The van der Waals surface area contributed by atoms with Crippen molar-refractivity contribution in [2.24, 2.45) is 0 Å². The lowest BCUT2D eigenvalue weighted by atomic mass is 9.93. The Morgan fingerprint density at radius 2 is 1.96 bits per heavy atom. The van der Waals surface area contributed by atoms with Gasteiger partial charge in [-0.3, -0.25) is 9.59 Å². The van der Waals surface area contributed by atoms with E-state index in [4.69, 9.17) is 11.6 Å². The van der Waals surface area contributed by atoms with Crippen LogP contribution in [-0.2, 0) is 17.6 Å². The molecule has 0 saturated heterocycles. The Kier molecular flexibility index (Phi) is 5.09. The maximum absolute atomic E-state index is 12.9. The first-order chi connectivity index (χ1) is 12.0. The summed E-state index contributed by atoms with van der Waals surface area (Å²) >= 11 is 6.28. The number of carbonyl (C=O) groups excluding carboxylic acids is 2. The third kappa shape index (κ3) is 3.40. The maximum atomic E-state index is 12.9. The van der Waals surface area contributed by atoms with Crippen molar-refractivity contribution in [3.8, 4) is 0 Å². The Morgan fingerprint density at radius 1 is 1.20 bits per heavy atom. The van der Waals surface area contributed by atoms with E-state index in [0.717, 1.165) is 6.42 Å². The van der Waals surface area contributed by atoms with Gasteiger partial charge in [0, 0.05) is 24.2 Å². The van der Waals surface area contributed by atoms with Crippen molar-refractivity contribution in [2.45, 2.75) is 25.8 Å². The molecule has 2 aromatic rings. The first kappa shape index (κ1) is 17.5. The molecule has 0 fully saturated rings. The molecule has 1 N–H and O–H groups in total. The number of nitrogens with zero attached hydrogens (tertiary/aromatic N) is 1. The molecule has 1 atom stereocenters. The molecule has 3 rings (SSSR count). The van der Waals surface area contributed by atoms with Crippen molar-refractivity contribution in [3.05, 3.63) is 69.7 Å². The predicted molar refractivity (Wildman–Crippen MR) is 98.8 cm³/mol. The van der Waals surface area contributed by atoms with Gasteiger partial charge in [0.05, 0.1) is 12.5 Å². The minimum Gasteiger partial charge on any atom is -0.355 e. The van der Waals surface area contributed by atoms with E-state index in [1.807, 2.05) is 24.0 Å². The summed E-state index contributed by atoms with van der Waals surface area (Å²) in [6, 6.07) is 13.4. The van der Waals surface area contributed by atoms with Crippen LogP contribution >= 0.6 is 11.6 Å². The van der Waals surface area contributed by atoms with Gasteiger partial charge in [0.25, 0.3) is 5.91 Å². The third-order valence-electron chi connectivity index (χ3n) is 4.83. The zero-order valence-corrected chi connectivity index (χ0v) is 15.1. The molecule has 1 aliphatic rings. The van der Waals surface area contributed by atoms with Gasteiger partial charge >= 0.3 is 0 Å². The summed E-state index contributed by atoms with van der Waals surface area (Å²) in [5.41, 5.74) is 3.52. The van der Waals surface area contributed by atoms with Crippen LogP contribution in [0.15, 0.2) is 42.5 Å². The molecule has 25 heavy (non-hydrogen) atoms. The minimum atomic E-state index is -0.234. The highest BCUT2D eigenvalue weighted by Crippen LogP contribution is 2.30. The molecule has 2 amide bonds. The van der Waals surface area contributed by atoms with E-state index in [0.29, 0.717) is 22.7 Å². The van der Waals surface area contributed by atoms with E-state index in [-0.39, 0.29) is 24.3 Å². The van der Waals surface area contributed by atoms with E-state index in [9.17, 15) is 9.59 Å². The Bertz CT molecular complexity index is 819. The zero-order valence-electron chi connectivity index (χ0n) is 14.4. The largest absolute Gasteiger partial charge is 0.355 e. The highest BCUT2D eigenvalue weighted by molar-refractivity contribution is 6.32. The van der Waals surface area contributed by atoms with Gasteiger partial charge in [0.15, 0.2) is 0 Å². The quantitative estimate of drug-likeness (QED) is 0.916. The number of hydrogen-bond donors (Lipinski definition) is 1. The molecular weight excluding hydrogens is 336 g/mol. The number of fused-ring (bicyclic) bond motifs is 1. The van der Waals surface area contributed by atoms with Crippen molar-refractivity contribution in [1.29, 1.82) is 0 Å². The lowest BCUT2D eigenvalue weighted by molar-refractivity contribution is -0.133. The smallest absolute Gasteiger partial charge is 0.251 e. The summed E-state index contributed by atoms with van der Waals surface area (Å²) in [7, 11) is 1.57. The monoisotopic (exact) mass is 356 g/mol. The van der Waals surface area contributed by atoms with Gasteiger partial charge < -0.3 is 10.2 Å². The maximum Gasteiger partial charge on any atom is 0.251 e. The van der Waals surface area contributed by atoms with Crippen molar-refractivity contribution in [1.82, 2.24) is 10.2 Å². The highest BCUT2D eigenvalue weighted by atomic mass is 35.5. The summed E-state index contributed by atoms with van der Waals surface area (Å²) in [6.07, 6.45) is 0.964. The van der Waals surface area contributed by atoms with Crippen molar-refractivity contribution in [2.75, 3.05) is 13.6 Å². The molecule has 1 heterocycles. The van der Waals surface area contributed by atoms with Crippen LogP contribution in [0, 0.1) is 0 Å². The second-order valence-corrected chi connectivity index (χ2v) is 6.64. The molecule has 0 aromatic heterocycles. The first-order valence-electron chi connectivity index (χ1n) is 8.39. The number of amides is 2. The normalized spacial score (nSPS) is 16.3. The van der Waals surface area contributed by atoms with E-state index in [2.05, 4.69) is 17.4 Å². The molecular formula is C20H21ClN2O2. The third-order valence-corrected chi connectivity index (χ3v) is 5.19. The van der Waals surface area contributed by atoms with Crippen LogP contribution in [-0.4, -0.2) is 30.3 Å². The van der Waals surface area contributed by atoms with Crippen molar-refractivity contribution < 1.29 is 9.59 Å². The lowest BCUT2D eigenvalue weighted by Gasteiger charge is -2.35. The van der Waals surface area contributed by atoms with Gasteiger partial charge in [-0.15, -0.1) is 0 Å². The fraction of sp³-hybridized carbons (Fsp3) is 0.300. The molecule has 130 valence electrons. The van der Waals surface area contributed by atoms with E-state index in [1.54, 1.807) is 25.2 Å². The van der Waals surface area contributed by atoms with E-state index < -0.39 is 0 Å². The Balaban J connectivity index is 1.86. The Hall–Kier alpha value is -2.33. The standard InChI is InChI=1S/C20H21ClN2O2/c1-13-15-7-4-3-6-14(15)10-11-23(13)19(24)12-17-16(20(25)22-2)8-5-9-18(17)21/h3-9,13H,10-12H2,1-2H3,(H,22,25)/t13-/m0/s1. The lowest BCUT2D eigenvalue weighted by Crippen LogP contribution is -2.40. The Morgan fingerprint density at radius 3 is 2.72 bits per heavy atom. The topological polar surface area (TPSA) is 49.4 Å². The summed E-state index contributed by atoms with van der Waals surface area (Å²) in [5.74, 6) is -0.248. The number of rotatable bonds is 3. The summed E-state index contributed by atoms with van der Waals surface area (Å²) in [6.45, 7) is 2.72. The molecule has 4 nitrogen and oxygen atoms in total. The van der Waals surface area contributed by atoms with Crippen LogP contribution in [0.25, 0.3) is 0 Å². The predicted octanol–water partition coefficient (Wildman–Crippen LogP) is 3.39. The van der Waals surface area contributed by atoms with Gasteiger partial charge in [0.2, 0.25) is 5.91 Å². The fourth-order valence-electron chi connectivity index (χ4n) is 3.45. The molecule has 0 saturated carbocycles. The highest BCUT2D eigenvalue weighted by Gasteiger charge is 2.28. The molecule has 0 radical (unpaired) electrons. The van der Waals surface area contributed by atoms with Crippen LogP contribution in [0.4, 0.5) is 0 Å². The number of hydrogen-bond acceptors (Lipinski definition) is 2. The summed E-state index contributed by atoms with van der Waals surface area (Å²) in [4.78, 5) is 26.9. The molecule has 2 aromatic carbocycles. The second kappa shape index (κ2) is 7.28. The van der Waals surface area contributed by atoms with E-state index in [1.165, 1.54) is 11.1 Å². The van der Waals surface area contributed by atoms with Crippen LogP contribution in [0.3, 0.4) is 0 Å². The van der Waals surface area contributed by atoms with Crippen molar-refractivity contribution in [3.63, 3.8) is 0 Å². The van der Waals surface area contributed by atoms with Crippen LogP contribution in [0.5, 0.6) is 0 Å². The van der Waals surface area contributed by atoms with Gasteiger partial charge in [0.1, 0.15) is 0 Å². The van der Waals surface area contributed by atoms with Gasteiger partial charge in [-0.05, 0) is 42.2 Å². The van der Waals surface area contributed by atoms with E-state index >= 15 is 0 Å². The Labute approximate surface area is 152 Å². The van der Waals surface area contributed by atoms with Crippen LogP contribution in [0.1, 0.15) is 40.0 Å². The van der Waals surface area contributed by atoms with Crippen LogP contribution in [0.2, 0.25) is 5.02 Å². The molecule has 1 aliphatic heterocycles.